The second-order valence-electron chi connectivity index (χ2n) is 9.18. The molecule has 3 N–H and O–H groups in total. The highest BCUT2D eigenvalue weighted by atomic mass is 32.2. The molecule has 1 saturated heterocycles. The first-order valence-corrected chi connectivity index (χ1v) is 14.8. The number of morpholine rings is 1. The molecule has 1 saturated carbocycles. The Morgan fingerprint density at radius 3 is 2.53 bits per heavy atom. The average molecular weight is 560 g/mol. The molecule has 0 spiro atoms. The number of aromatic nitrogens is 4. The van der Waals surface area contributed by atoms with Gasteiger partial charge in [0, 0.05) is 48.5 Å². The molecular weight excluding hydrogens is 530 g/mol. The number of aliphatic hydroxyl groups excluding tert-OH is 1. The number of nitrogens with one attached hydrogen (secondary N) is 2. The van der Waals surface area contributed by atoms with E-state index in [1.165, 1.54) is 6.33 Å². The Labute approximate surface area is 224 Å². The van der Waals surface area contributed by atoms with E-state index < -0.39 is 20.6 Å². The number of amides is 2. The molecule has 0 unspecified atom stereocenters. The quantitative estimate of drug-likeness (QED) is 0.356. The smallest absolute Gasteiger partial charge is 0.325 e. The van der Waals surface area contributed by atoms with Gasteiger partial charge in [-0.3, -0.25) is 5.32 Å². The maximum atomic E-state index is 13.4. The third-order valence-electron chi connectivity index (χ3n) is 6.82. The molecule has 2 aromatic heterocycles. The number of carbonyl (C=O) groups excluding carboxylic acids is 1. The molecule has 0 bridgehead atoms. The number of benzene rings is 1. The molecule has 0 radical (unpaired) electrons. The number of hydrogen-bond donors (Lipinski definition) is 3. The van der Waals surface area contributed by atoms with Crippen molar-refractivity contribution < 1.29 is 23.1 Å². The van der Waals surface area contributed by atoms with Crippen LogP contribution in [0.2, 0.25) is 0 Å². The Hall–Kier alpha value is -3.20. The minimum atomic E-state index is -3.55. The van der Waals surface area contributed by atoms with Crippen LogP contribution in [0.1, 0.15) is 31.4 Å². The number of nitrogens with zero attached hydrogens (tertiary/aromatic N) is 5. The first-order chi connectivity index (χ1) is 18.4. The maximum Gasteiger partial charge on any atom is 0.325 e. The number of ether oxygens (including phenoxy) is 1. The van der Waals surface area contributed by atoms with E-state index in [1.807, 2.05) is 0 Å². The van der Waals surface area contributed by atoms with Crippen molar-refractivity contribution in [2.45, 2.75) is 30.4 Å². The molecule has 3 aromatic rings. The summed E-state index contributed by atoms with van der Waals surface area (Å²) in [6, 6.07) is 8.40. The fourth-order valence-corrected chi connectivity index (χ4v) is 7.28. The number of anilines is 3. The summed E-state index contributed by atoms with van der Waals surface area (Å²) in [4.78, 5) is 27.8. The van der Waals surface area contributed by atoms with Crippen molar-refractivity contribution in [2.24, 2.45) is 0 Å². The number of sulfone groups is 1. The summed E-state index contributed by atoms with van der Waals surface area (Å²) >= 11 is 1.07. The molecule has 2 amide bonds. The molecule has 202 valence electrons. The molecule has 38 heavy (non-hydrogen) atoms. The van der Waals surface area contributed by atoms with Gasteiger partial charge in [-0.05, 0) is 49.9 Å². The lowest BCUT2D eigenvalue weighted by Gasteiger charge is -2.41. The van der Waals surface area contributed by atoms with Crippen LogP contribution in [0.5, 0.6) is 0 Å². The van der Waals surface area contributed by atoms with E-state index in [9.17, 15) is 18.3 Å². The first-order valence-electron chi connectivity index (χ1n) is 12.4. The monoisotopic (exact) mass is 559 g/mol. The largest absolute Gasteiger partial charge is 0.396 e. The van der Waals surface area contributed by atoms with Crippen LogP contribution >= 0.6 is 11.5 Å². The fraction of sp³-hybridized carbons (Fsp3) is 0.458. The van der Waals surface area contributed by atoms with Crippen LogP contribution < -0.4 is 15.5 Å². The minimum Gasteiger partial charge on any atom is -0.396 e. The average Bonchev–Trinajstić information content (AvgIpc) is 3.40. The van der Waals surface area contributed by atoms with E-state index in [0.29, 0.717) is 72.9 Å². The Kier molecular flexibility index (Phi) is 7.83. The number of hydrogen-bond acceptors (Lipinski definition) is 11. The fourth-order valence-electron chi connectivity index (χ4n) is 4.62. The van der Waals surface area contributed by atoms with E-state index in [-0.39, 0.29) is 18.8 Å². The predicted octanol–water partition coefficient (Wildman–Crippen LogP) is 2.65. The van der Waals surface area contributed by atoms with Crippen molar-refractivity contribution in [1.29, 1.82) is 0 Å². The van der Waals surface area contributed by atoms with Crippen molar-refractivity contribution in [3.05, 3.63) is 42.4 Å². The lowest BCUT2D eigenvalue weighted by Crippen LogP contribution is -2.45. The van der Waals surface area contributed by atoms with Crippen LogP contribution in [0.15, 0.2) is 36.7 Å². The van der Waals surface area contributed by atoms with Gasteiger partial charge in [0.1, 0.15) is 16.9 Å². The molecule has 0 atom stereocenters. The molecule has 3 heterocycles. The number of carbonyl (C=O) groups is 1. The number of aliphatic hydroxyl groups is 1. The van der Waals surface area contributed by atoms with Crippen LogP contribution in [0.3, 0.4) is 0 Å². The van der Waals surface area contributed by atoms with Crippen molar-refractivity contribution in [3.63, 3.8) is 0 Å². The van der Waals surface area contributed by atoms with Crippen LogP contribution in [0.4, 0.5) is 21.4 Å². The molecule has 14 heteroatoms. The van der Waals surface area contributed by atoms with Gasteiger partial charge in [-0.25, -0.2) is 28.2 Å². The maximum absolute atomic E-state index is 13.4. The molecule has 5 rings (SSSR count). The van der Waals surface area contributed by atoms with Gasteiger partial charge in [0.25, 0.3) is 0 Å². The minimum absolute atomic E-state index is 0.0881. The van der Waals surface area contributed by atoms with Crippen LogP contribution in [0.25, 0.3) is 11.4 Å². The third-order valence-corrected chi connectivity index (χ3v) is 10.0. The highest BCUT2D eigenvalue weighted by molar-refractivity contribution is 7.92. The van der Waals surface area contributed by atoms with Gasteiger partial charge in [-0.15, -0.1) is 0 Å². The summed E-state index contributed by atoms with van der Waals surface area (Å²) in [6.45, 7) is 2.24. The van der Waals surface area contributed by atoms with Gasteiger partial charge in [0.05, 0.1) is 24.7 Å². The highest BCUT2D eigenvalue weighted by Crippen LogP contribution is 2.49. The Bertz CT molecular complexity index is 1360. The Morgan fingerprint density at radius 1 is 1.13 bits per heavy atom. The van der Waals surface area contributed by atoms with Crippen molar-refractivity contribution in [3.8, 4) is 11.4 Å². The molecule has 2 fully saturated rings. The molecular formula is C24H29N7O5S2. The molecule has 1 aliphatic carbocycles. The lowest BCUT2D eigenvalue weighted by atomic mass is 9.81. The van der Waals surface area contributed by atoms with Gasteiger partial charge >= 0.3 is 6.03 Å². The van der Waals surface area contributed by atoms with Crippen molar-refractivity contribution in [2.75, 3.05) is 54.2 Å². The van der Waals surface area contributed by atoms with Gasteiger partial charge in [-0.1, -0.05) is 0 Å². The van der Waals surface area contributed by atoms with Crippen LogP contribution in [-0.4, -0.2) is 77.5 Å². The highest BCUT2D eigenvalue weighted by Gasteiger charge is 2.51. The first kappa shape index (κ1) is 26.4. The zero-order valence-electron chi connectivity index (χ0n) is 20.7. The Balaban J connectivity index is 1.45. The standard InChI is InChI=1S/C24H29N7O5S2/c32-11-2-14-38(34,35)24(7-1-8-24)19-15-20(31-9-12-36-13-10-31)29-21(28-19)17-3-5-18(6-4-17)27-22(33)30-23-25-16-26-37-23/h3-6,15-16,32H,1-2,7-14H2,(H2,25,26,27,30,33). The summed E-state index contributed by atoms with van der Waals surface area (Å²) < 4.78 is 35.1. The SMILES string of the molecule is O=C(Nc1ccc(-c2nc(N3CCOCC3)cc(C3(S(=O)(=O)CCCO)CCC3)n2)cc1)Nc1ncns1. The van der Waals surface area contributed by atoms with Crippen LogP contribution in [-0.2, 0) is 19.3 Å². The van der Waals surface area contributed by atoms with E-state index in [1.54, 1.807) is 30.3 Å². The van der Waals surface area contributed by atoms with E-state index in [4.69, 9.17) is 14.7 Å². The normalized spacial score (nSPS) is 17.0. The van der Waals surface area contributed by atoms with Gasteiger partial charge in [0.15, 0.2) is 15.7 Å². The molecule has 12 nitrogen and oxygen atoms in total. The third kappa shape index (κ3) is 5.48. The van der Waals surface area contributed by atoms with Crippen molar-refractivity contribution in [1.82, 2.24) is 19.3 Å². The number of urea groups is 1. The Morgan fingerprint density at radius 2 is 1.89 bits per heavy atom. The summed E-state index contributed by atoms with van der Waals surface area (Å²) in [5.74, 6) is 0.989. The van der Waals surface area contributed by atoms with E-state index in [2.05, 4.69) is 24.9 Å². The molecule has 1 aliphatic heterocycles. The summed E-state index contributed by atoms with van der Waals surface area (Å²) in [5.41, 5.74) is 1.74. The number of rotatable bonds is 9. The second kappa shape index (κ2) is 11.3. The van der Waals surface area contributed by atoms with Gasteiger partial charge < -0.3 is 20.1 Å². The summed E-state index contributed by atoms with van der Waals surface area (Å²) in [5, 5.41) is 15.0. The van der Waals surface area contributed by atoms with Crippen LogP contribution in [0, 0.1) is 0 Å². The van der Waals surface area contributed by atoms with Gasteiger partial charge in [-0.2, -0.15) is 4.37 Å². The second-order valence-corrected chi connectivity index (χ2v) is 12.4. The van der Waals surface area contributed by atoms with E-state index in [0.717, 1.165) is 18.0 Å². The lowest BCUT2D eigenvalue weighted by molar-refractivity contribution is 0.122. The van der Waals surface area contributed by atoms with E-state index >= 15 is 0 Å². The zero-order valence-corrected chi connectivity index (χ0v) is 22.3. The summed E-state index contributed by atoms with van der Waals surface area (Å²) in [7, 11) is -3.55. The predicted molar refractivity (Wildman–Crippen MR) is 144 cm³/mol. The van der Waals surface area contributed by atoms with Gasteiger partial charge in [0.2, 0.25) is 5.13 Å². The topological polar surface area (TPSA) is 160 Å². The zero-order chi connectivity index (χ0) is 26.6. The summed E-state index contributed by atoms with van der Waals surface area (Å²) in [6.07, 6.45) is 3.34. The molecule has 2 aliphatic rings. The van der Waals surface area contributed by atoms with Crippen molar-refractivity contribution >= 4 is 44.0 Å². The molecule has 1 aromatic carbocycles.